The Morgan fingerprint density at radius 1 is 0.550 bits per heavy atom. The molecule has 5 heteroatoms. The summed E-state index contributed by atoms with van der Waals surface area (Å²) in [4.78, 5) is 8.87. The highest BCUT2D eigenvalue weighted by Crippen LogP contribution is 2.40. The number of benzene rings is 5. The largest absolute Gasteiger partial charge is 0.309 e. The van der Waals surface area contributed by atoms with E-state index in [9.17, 15) is 5.26 Å². The summed E-state index contributed by atoms with van der Waals surface area (Å²) in [5.74, 6) is 0.682. The number of nitrogens with zero attached hydrogens (tertiary/aromatic N) is 5. The first kappa shape index (κ1) is 22.3. The molecular formula is C35H21N5. The Labute approximate surface area is 229 Å². The summed E-state index contributed by atoms with van der Waals surface area (Å²) in [5, 5.41) is 14.0. The van der Waals surface area contributed by atoms with Gasteiger partial charge in [-0.05, 0) is 47.5 Å². The summed E-state index contributed by atoms with van der Waals surface area (Å²) in [6, 6.07) is 42.8. The fraction of sp³-hybridized carbons (Fsp3) is 0. The molecule has 0 N–H and O–H groups in total. The van der Waals surface area contributed by atoms with Crippen molar-refractivity contribution in [3.8, 4) is 28.7 Å². The zero-order valence-corrected chi connectivity index (χ0v) is 21.4. The predicted octanol–water partition coefficient (Wildman–Crippen LogP) is 8.21. The van der Waals surface area contributed by atoms with Crippen molar-refractivity contribution >= 4 is 43.6 Å². The summed E-state index contributed by atoms with van der Waals surface area (Å²) >= 11 is 0. The minimum atomic E-state index is 0.298. The first-order chi connectivity index (χ1) is 19.8. The van der Waals surface area contributed by atoms with E-state index in [2.05, 4.69) is 134 Å². The van der Waals surface area contributed by atoms with Gasteiger partial charge in [0, 0.05) is 27.2 Å². The van der Waals surface area contributed by atoms with Crippen molar-refractivity contribution in [2.75, 3.05) is 0 Å². The van der Waals surface area contributed by atoms with E-state index in [1.807, 2.05) is 6.07 Å². The third kappa shape index (κ3) is 3.20. The first-order valence-electron chi connectivity index (χ1n) is 13.2. The summed E-state index contributed by atoms with van der Waals surface area (Å²) in [5.41, 5.74) is 8.18. The monoisotopic (exact) mass is 511 g/mol. The fourth-order valence-corrected chi connectivity index (χ4v) is 5.99. The molecule has 0 saturated heterocycles. The molecule has 0 bridgehead atoms. The molecule has 40 heavy (non-hydrogen) atoms. The average molecular weight is 512 g/mol. The minimum Gasteiger partial charge on any atom is -0.309 e. The van der Waals surface area contributed by atoms with Gasteiger partial charge in [0.2, 0.25) is 0 Å². The van der Waals surface area contributed by atoms with Crippen molar-refractivity contribution < 1.29 is 0 Å². The SMILES string of the molecule is N#Cc1cnc(-n2c3ccccc3c3c(-c4ccc5c6ccccc6n(-c6ccccc6)c5c4)cccc32)cn1. The van der Waals surface area contributed by atoms with Crippen molar-refractivity contribution in [1.29, 1.82) is 5.26 Å². The highest BCUT2D eigenvalue weighted by atomic mass is 15.1. The zero-order valence-electron chi connectivity index (χ0n) is 21.4. The number of rotatable bonds is 3. The lowest BCUT2D eigenvalue weighted by Gasteiger charge is -2.10. The number of hydrogen-bond donors (Lipinski definition) is 0. The molecule has 3 heterocycles. The van der Waals surface area contributed by atoms with Crippen LogP contribution in [0.4, 0.5) is 0 Å². The Kier molecular flexibility index (Phi) is 4.82. The number of nitriles is 1. The Bertz CT molecular complexity index is 2270. The third-order valence-electron chi connectivity index (χ3n) is 7.68. The van der Waals surface area contributed by atoms with Gasteiger partial charge < -0.3 is 4.57 Å². The topological polar surface area (TPSA) is 59.4 Å². The molecule has 5 aromatic carbocycles. The van der Waals surface area contributed by atoms with Gasteiger partial charge in [-0.25, -0.2) is 9.97 Å². The molecule has 5 nitrogen and oxygen atoms in total. The number of hydrogen-bond acceptors (Lipinski definition) is 3. The molecule has 0 radical (unpaired) electrons. The molecule has 0 spiro atoms. The van der Waals surface area contributed by atoms with Crippen LogP contribution >= 0.6 is 0 Å². The normalized spacial score (nSPS) is 11.5. The van der Waals surface area contributed by atoms with Crippen LogP contribution in [0, 0.1) is 11.3 Å². The maximum absolute atomic E-state index is 9.22. The fourth-order valence-electron chi connectivity index (χ4n) is 5.99. The summed E-state index contributed by atoms with van der Waals surface area (Å²) in [6.07, 6.45) is 3.19. The van der Waals surface area contributed by atoms with Crippen LogP contribution in [0.5, 0.6) is 0 Å². The number of para-hydroxylation sites is 3. The Morgan fingerprint density at radius 2 is 1.25 bits per heavy atom. The summed E-state index contributed by atoms with van der Waals surface area (Å²) in [6.45, 7) is 0. The van der Waals surface area contributed by atoms with E-state index < -0.39 is 0 Å². The molecule has 0 amide bonds. The van der Waals surface area contributed by atoms with Gasteiger partial charge in [0.15, 0.2) is 11.5 Å². The number of fused-ring (bicyclic) bond motifs is 6. The molecule has 0 fully saturated rings. The van der Waals surface area contributed by atoms with E-state index in [0.29, 0.717) is 11.5 Å². The Balaban J connectivity index is 1.43. The molecule has 0 saturated carbocycles. The second-order valence-electron chi connectivity index (χ2n) is 9.84. The van der Waals surface area contributed by atoms with Gasteiger partial charge in [-0.2, -0.15) is 5.26 Å². The van der Waals surface area contributed by atoms with Crippen LogP contribution in [0.25, 0.3) is 66.2 Å². The van der Waals surface area contributed by atoms with E-state index in [1.54, 1.807) is 6.20 Å². The van der Waals surface area contributed by atoms with Crippen molar-refractivity contribution in [2.24, 2.45) is 0 Å². The van der Waals surface area contributed by atoms with Crippen molar-refractivity contribution in [1.82, 2.24) is 19.1 Å². The summed E-state index contributed by atoms with van der Waals surface area (Å²) < 4.78 is 4.48. The van der Waals surface area contributed by atoms with Crippen molar-refractivity contribution in [2.45, 2.75) is 0 Å². The standard InChI is InChI=1S/C35H21N5/c36-20-24-21-38-34(22-37-24)40-31-15-7-5-12-29(31)35-26(13-8-16-32(35)40)23-17-18-28-27-11-4-6-14-30(27)39(33(28)19-23)25-9-2-1-3-10-25/h1-19,21-22H. The van der Waals surface area contributed by atoms with Crippen LogP contribution in [-0.4, -0.2) is 19.1 Å². The van der Waals surface area contributed by atoms with Crippen LogP contribution in [-0.2, 0) is 0 Å². The zero-order chi connectivity index (χ0) is 26.6. The van der Waals surface area contributed by atoms with E-state index in [4.69, 9.17) is 0 Å². The molecular weight excluding hydrogens is 490 g/mol. The second-order valence-corrected chi connectivity index (χ2v) is 9.84. The van der Waals surface area contributed by atoms with Gasteiger partial charge >= 0.3 is 0 Å². The Hall–Kier alpha value is -5.73. The van der Waals surface area contributed by atoms with Crippen LogP contribution in [0.3, 0.4) is 0 Å². The van der Waals surface area contributed by atoms with Gasteiger partial charge in [-0.1, -0.05) is 78.9 Å². The molecule has 8 aromatic rings. The van der Waals surface area contributed by atoms with Gasteiger partial charge in [0.1, 0.15) is 6.07 Å². The van der Waals surface area contributed by atoms with Crippen LogP contribution in [0.1, 0.15) is 5.69 Å². The predicted molar refractivity (Wildman–Crippen MR) is 161 cm³/mol. The average Bonchev–Trinajstić information content (AvgIpc) is 3.54. The van der Waals surface area contributed by atoms with E-state index in [-0.39, 0.29) is 0 Å². The molecule has 0 aliphatic carbocycles. The van der Waals surface area contributed by atoms with Crippen LogP contribution < -0.4 is 0 Å². The lowest BCUT2D eigenvalue weighted by Crippen LogP contribution is -1.99. The van der Waals surface area contributed by atoms with Gasteiger partial charge in [-0.3, -0.25) is 4.57 Å². The van der Waals surface area contributed by atoms with Crippen molar-refractivity contribution in [3.63, 3.8) is 0 Å². The number of aromatic nitrogens is 4. The first-order valence-corrected chi connectivity index (χ1v) is 13.2. The molecule has 0 aliphatic heterocycles. The maximum Gasteiger partial charge on any atom is 0.158 e. The minimum absolute atomic E-state index is 0.298. The molecule has 0 unspecified atom stereocenters. The molecule has 8 rings (SSSR count). The Morgan fingerprint density at radius 3 is 2.02 bits per heavy atom. The van der Waals surface area contributed by atoms with Crippen molar-refractivity contribution in [3.05, 3.63) is 133 Å². The molecule has 0 atom stereocenters. The second kappa shape index (κ2) is 8.65. The third-order valence-corrected chi connectivity index (χ3v) is 7.68. The van der Waals surface area contributed by atoms with E-state index >= 15 is 0 Å². The lowest BCUT2D eigenvalue weighted by molar-refractivity contribution is 1.03. The molecule has 3 aromatic heterocycles. The van der Waals surface area contributed by atoms with Gasteiger partial charge in [0.25, 0.3) is 0 Å². The van der Waals surface area contributed by atoms with E-state index in [0.717, 1.165) is 38.6 Å². The smallest absolute Gasteiger partial charge is 0.158 e. The molecule has 0 aliphatic rings. The van der Waals surface area contributed by atoms with Crippen LogP contribution in [0.2, 0.25) is 0 Å². The highest BCUT2D eigenvalue weighted by molar-refractivity contribution is 6.17. The highest BCUT2D eigenvalue weighted by Gasteiger charge is 2.18. The van der Waals surface area contributed by atoms with E-state index in [1.165, 1.54) is 28.0 Å². The van der Waals surface area contributed by atoms with Gasteiger partial charge in [-0.15, -0.1) is 0 Å². The quantitative estimate of drug-likeness (QED) is 0.240. The van der Waals surface area contributed by atoms with Gasteiger partial charge in [0.05, 0.1) is 34.5 Å². The summed E-state index contributed by atoms with van der Waals surface area (Å²) in [7, 11) is 0. The lowest BCUT2D eigenvalue weighted by atomic mass is 9.98. The molecule has 186 valence electrons. The van der Waals surface area contributed by atoms with Crippen LogP contribution in [0.15, 0.2) is 128 Å². The maximum atomic E-state index is 9.22.